The zero-order valence-electron chi connectivity index (χ0n) is 4.48. The van der Waals surface area contributed by atoms with Crippen LogP contribution in [0.2, 0.25) is 0 Å². The zero-order chi connectivity index (χ0) is 4.91. The Bertz CT molecular complexity index is 86.8. The highest BCUT2D eigenvalue weighted by Gasteiger charge is 2.46. The number of nitrogens with two attached hydrogens (primary N) is 1. The fraction of sp³-hybridized carbons (Fsp3) is 1.00. The molecule has 2 N–H and O–H groups in total. The van der Waals surface area contributed by atoms with Crippen LogP contribution in [0.3, 0.4) is 0 Å². The van der Waals surface area contributed by atoms with Crippen molar-refractivity contribution in [1.29, 1.82) is 0 Å². The fourth-order valence-corrected chi connectivity index (χ4v) is 1.99. The van der Waals surface area contributed by atoms with Crippen LogP contribution < -0.4 is 5.73 Å². The van der Waals surface area contributed by atoms with Gasteiger partial charge in [-0.15, -0.1) is 0 Å². The quantitative estimate of drug-likeness (QED) is 0.477. The Kier molecular flexibility index (Phi) is 0.487. The van der Waals surface area contributed by atoms with Crippen molar-refractivity contribution in [3.05, 3.63) is 0 Å². The van der Waals surface area contributed by atoms with Crippen molar-refractivity contribution in [2.45, 2.75) is 31.2 Å². The molecule has 3 fully saturated rings. The summed E-state index contributed by atoms with van der Waals surface area (Å²) in [6, 6.07) is 0. The van der Waals surface area contributed by atoms with E-state index < -0.39 is 0 Å². The minimum Gasteiger partial charge on any atom is -0.325 e. The van der Waals surface area contributed by atoms with Crippen LogP contribution in [-0.4, -0.2) is 5.54 Å². The Morgan fingerprint density at radius 3 is 2.29 bits per heavy atom. The van der Waals surface area contributed by atoms with Gasteiger partial charge in [0.2, 0.25) is 0 Å². The minimum atomic E-state index is 0.338. The molecule has 0 aromatic heterocycles. The largest absolute Gasteiger partial charge is 0.325 e. The van der Waals surface area contributed by atoms with E-state index >= 15 is 0 Å². The molecular formula is C6H11N. The molecule has 0 aromatic carbocycles. The summed E-state index contributed by atoms with van der Waals surface area (Å²) in [4.78, 5) is 0. The van der Waals surface area contributed by atoms with Crippen molar-refractivity contribution < 1.29 is 0 Å². The molecule has 0 atom stereocenters. The lowest BCUT2D eigenvalue weighted by Crippen LogP contribution is -2.44. The summed E-state index contributed by atoms with van der Waals surface area (Å²) in [6.45, 7) is 0. The average molecular weight is 97.2 g/mol. The Morgan fingerprint density at radius 2 is 2.14 bits per heavy atom. The van der Waals surface area contributed by atoms with Crippen molar-refractivity contribution >= 4 is 0 Å². The van der Waals surface area contributed by atoms with Crippen LogP contribution in [0.5, 0.6) is 0 Å². The molecule has 3 rings (SSSR count). The predicted molar refractivity (Wildman–Crippen MR) is 28.9 cm³/mol. The molecule has 0 radical (unpaired) electrons. The van der Waals surface area contributed by atoms with E-state index in [-0.39, 0.29) is 0 Å². The second-order valence-electron chi connectivity index (χ2n) is 3.18. The molecule has 3 saturated carbocycles. The summed E-state index contributed by atoms with van der Waals surface area (Å²) in [5, 5.41) is 0. The molecule has 0 amide bonds. The van der Waals surface area contributed by atoms with Crippen LogP contribution >= 0.6 is 0 Å². The van der Waals surface area contributed by atoms with Crippen LogP contribution in [0.4, 0.5) is 0 Å². The van der Waals surface area contributed by atoms with Gasteiger partial charge in [-0.2, -0.15) is 0 Å². The first-order valence-corrected chi connectivity index (χ1v) is 3.07. The van der Waals surface area contributed by atoms with Gasteiger partial charge in [0.05, 0.1) is 0 Å². The van der Waals surface area contributed by atoms with Gasteiger partial charge in [0.25, 0.3) is 0 Å². The summed E-state index contributed by atoms with van der Waals surface area (Å²) in [6.07, 6.45) is 5.37. The van der Waals surface area contributed by atoms with Crippen molar-refractivity contribution in [2.24, 2.45) is 11.7 Å². The lowest BCUT2D eigenvalue weighted by Gasteiger charge is -2.33. The van der Waals surface area contributed by atoms with E-state index in [1.54, 1.807) is 0 Å². The molecule has 1 nitrogen and oxygen atoms in total. The van der Waals surface area contributed by atoms with Gasteiger partial charge in [-0.25, -0.2) is 0 Å². The molecule has 0 heterocycles. The summed E-state index contributed by atoms with van der Waals surface area (Å²) in [5.74, 6) is 1.03. The molecule has 0 saturated heterocycles. The topological polar surface area (TPSA) is 26.0 Å². The maximum Gasteiger partial charge on any atom is 0.0159 e. The maximum atomic E-state index is 5.84. The van der Waals surface area contributed by atoms with E-state index in [2.05, 4.69) is 0 Å². The third-order valence-electron chi connectivity index (χ3n) is 2.44. The first-order chi connectivity index (χ1) is 3.29. The van der Waals surface area contributed by atoms with E-state index in [0.717, 1.165) is 5.92 Å². The van der Waals surface area contributed by atoms with Gasteiger partial charge >= 0.3 is 0 Å². The van der Waals surface area contributed by atoms with Gasteiger partial charge in [-0.05, 0) is 31.6 Å². The van der Waals surface area contributed by atoms with Crippen molar-refractivity contribution in [3.8, 4) is 0 Å². The summed E-state index contributed by atoms with van der Waals surface area (Å²) < 4.78 is 0. The highest BCUT2D eigenvalue weighted by molar-refractivity contribution is 5.04. The predicted octanol–water partition coefficient (Wildman–Crippen LogP) is 0.888. The second-order valence-corrected chi connectivity index (χ2v) is 3.18. The highest BCUT2D eigenvalue weighted by atomic mass is 14.8. The lowest BCUT2D eigenvalue weighted by molar-refractivity contribution is 0.248. The SMILES string of the molecule is NC12CCC(C1)C2. The van der Waals surface area contributed by atoms with Gasteiger partial charge in [0, 0.05) is 5.54 Å². The average Bonchev–Trinajstić information content (AvgIpc) is 1.88. The fourth-order valence-electron chi connectivity index (χ4n) is 1.99. The zero-order valence-corrected chi connectivity index (χ0v) is 4.48. The Labute approximate surface area is 43.9 Å². The Balaban J connectivity index is 2.20. The standard InChI is InChI=1S/C6H11N/c7-6-2-1-5(3-6)4-6/h5H,1-4,7H2. The molecule has 0 aromatic rings. The molecule has 7 heavy (non-hydrogen) atoms. The van der Waals surface area contributed by atoms with Crippen LogP contribution in [0.15, 0.2) is 0 Å². The number of rotatable bonds is 0. The van der Waals surface area contributed by atoms with E-state index in [4.69, 9.17) is 5.73 Å². The molecule has 3 aliphatic rings. The van der Waals surface area contributed by atoms with E-state index in [1.165, 1.54) is 25.7 Å². The van der Waals surface area contributed by atoms with Gasteiger partial charge in [0.1, 0.15) is 0 Å². The van der Waals surface area contributed by atoms with Crippen LogP contribution in [-0.2, 0) is 0 Å². The molecule has 0 aliphatic heterocycles. The van der Waals surface area contributed by atoms with Crippen molar-refractivity contribution in [3.63, 3.8) is 0 Å². The van der Waals surface area contributed by atoms with Gasteiger partial charge < -0.3 is 5.73 Å². The molecule has 0 unspecified atom stereocenters. The summed E-state index contributed by atoms with van der Waals surface area (Å²) in [5.41, 5.74) is 6.18. The minimum absolute atomic E-state index is 0.338. The van der Waals surface area contributed by atoms with E-state index in [0.29, 0.717) is 5.54 Å². The Hall–Kier alpha value is -0.0400. The van der Waals surface area contributed by atoms with E-state index in [9.17, 15) is 0 Å². The van der Waals surface area contributed by atoms with Crippen LogP contribution in [0.25, 0.3) is 0 Å². The molecule has 40 valence electrons. The lowest BCUT2D eigenvalue weighted by atomic mass is 9.78. The first-order valence-electron chi connectivity index (χ1n) is 3.07. The number of hydrogen-bond donors (Lipinski definition) is 1. The molecule has 2 bridgehead atoms. The normalized spacial score (nSPS) is 57.0. The first kappa shape index (κ1) is 3.90. The van der Waals surface area contributed by atoms with Crippen LogP contribution in [0.1, 0.15) is 25.7 Å². The molecule has 0 spiro atoms. The highest BCUT2D eigenvalue weighted by Crippen LogP contribution is 2.49. The van der Waals surface area contributed by atoms with Gasteiger partial charge in [-0.3, -0.25) is 0 Å². The van der Waals surface area contributed by atoms with Crippen LogP contribution in [0, 0.1) is 5.92 Å². The smallest absolute Gasteiger partial charge is 0.0159 e. The third-order valence-corrected chi connectivity index (χ3v) is 2.44. The monoisotopic (exact) mass is 97.1 g/mol. The molecular weight excluding hydrogens is 86.1 g/mol. The van der Waals surface area contributed by atoms with Crippen molar-refractivity contribution in [2.75, 3.05) is 0 Å². The number of fused-ring (bicyclic) bond motifs is 1. The van der Waals surface area contributed by atoms with Gasteiger partial charge in [-0.1, -0.05) is 0 Å². The van der Waals surface area contributed by atoms with Gasteiger partial charge in [0.15, 0.2) is 0 Å². The second kappa shape index (κ2) is 0.873. The number of hydrogen-bond acceptors (Lipinski definition) is 1. The van der Waals surface area contributed by atoms with Crippen molar-refractivity contribution in [1.82, 2.24) is 0 Å². The molecule has 1 heteroatoms. The third kappa shape index (κ3) is 0.367. The maximum absolute atomic E-state index is 5.84. The summed E-state index contributed by atoms with van der Waals surface area (Å²) in [7, 11) is 0. The molecule has 3 aliphatic carbocycles. The Morgan fingerprint density at radius 1 is 1.43 bits per heavy atom. The van der Waals surface area contributed by atoms with E-state index in [1.807, 2.05) is 0 Å². The summed E-state index contributed by atoms with van der Waals surface area (Å²) >= 11 is 0.